The molecule has 1 aliphatic rings. The number of rotatable bonds is 4. The van der Waals surface area contributed by atoms with Gasteiger partial charge in [0.15, 0.2) is 0 Å². The number of benzene rings is 1. The van der Waals surface area contributed by atoms with Crippen LogP contribution in [0.15, 0.2) is 24.3 Å². The molecule has 0 saturated heterocycles. The van der Waals surface area contributed by atoms with Crippen LogP contribution >= 0.6 is 11.6 Å². The number of nitrogens with one attached hydrogen (secondary N) is 1. The van der Waals surface area contributed by atoms with Crippen LogP contribution in [0.3, 0.4) is 0 Å². The number of alkyl halides is 1. The zero-order chi connectivity index (χ0) is 13.0. The van der Waals surface area contributed by atoms with Crippen LogP contribution in [0.4, 0.5) is 0 Å². The number of hydrogen-bond donors (Lipinski definition) is 1. The third-order valence-electron chi connectivity index (χ3n) is 3.64. The average molecular weight is 266 g/mol. The Bertz CT molecular complexity index is 413. The van der Waals surface area contributed by atoms with E-state index in [1.807, 2.05) is 24.3 Å². The lowest BCUT2D eigenvalue weighted by Gasteiger charge is -2.17. The van der Waals surface area contributed by atoms with Crippen LogP contribution in [-0.2, 0) is 11.2 Å². The second kappa shape index (κ2) is 6.24. The van der Waals surface area contributed by atoms with E-state index in [4.69, 9.17) is 11.6 Å². The lowest BCUT2D eigenvalue weighted by molar-refractivity contribution is -0.121. The Labute approximate surface area is 114 Å². The predicted molar refractivity (Wildman–Crippen MR) is 74.8 cm³/mol. The fraction of sp³-hybridized carbons (Fsp3) is 0.533. The van der Waals surface area contributed by atoms with E-state index in [2.05, 4.69) is 12.2 Å². The molecule has 0 heterocycles. The minimum absolute atomic E-state index is 0.0514. The van der Waals surface area contributed by atoms with Crippen molar-refractivity contribution in [3.05, 3.63) is 35.4 Å². The fourth-order valence-corrected chi connectivity index (χ4v) is 2.87. The van der Waals surface area contributed by atoms with Crippen molar-refractivity contribution in [3.8, 4) is 0 Å². The molecule has 0 bridgehead atoms. The van der Waals surface area contributed by atoms with E-state index in [-0.39, 0.29) is 5.91 Å². The molecule has 2 rings (SSSR count). The molecule has 0 aromatic heterocycles. The Morgan fingerprint density at radius 1 is 1.39 bits per heavy atom. The Hall–Kier alpha value is -1.02. The normalized spacial score (nSPS) is 17.7. The van der Waals surface area contributed by atoms with Crippen LogP contribution in [0.2, 0.25) is 0 Å². The summed E-state index contributed by atoms with van der Waals surface area (Å²) in [4.78, 5) is 12.1. The van der Waals surface area contributed by atoms with Crippen molar-refractivity contribution in [1.29, 1.82) is 0 Å². The average Bonchev–Trinajstić information content (AvgIpc) is 2.90. The first-order valence-corrected chi connectivity index (χ1v) is 7.18. The molecule has 1 aromatic carbocycles. The van der Waals surface area contributed by atoms with Gasteiger partial charge in [0, 0.05) is 6.04 Å². The summed E-state index contributed by atoms with van der Waals surface area (Å²) in [5.74, 6) is -0.0514. The minimum atomic E-state index is -0.568. The Morgan fingerprint density at radius 2 is 2.06 bits per heavy atom. The van der Waals surface area contributed by atoms with E-state index in [1.165, 1.54) is 12.8 Å². The second-order valence-electron chi connectivity index (χ2n) is 4.90. The first-order chi connectivity index (χ1) is 8.72. The van der Waals surface area contributed by atoms with Gasteiger partial charge in [-0.1, -0.05) is 44.0 Å². The Morgan fingerprint density at radius 3 is 2.72 bits per heavy atom. The van der Waals surface area contributed by atoms with Crippen molar-refractivity contribution in [2.45, 2.75) is 50.4 Å². The highest BCUT2D eigenvalue weighted by molar-refractivity contribution is 6.30. The molecule has 0 spiro atoms. The Balaban J connectivity index is 2.05. The summed E-state index contributed by atoms with van der Waals surface area (Å²) in [6.45, 7) is 2.08. The number of carbonyl (C=O) groups excluding carboxylic acids is 1. The summed E-state index contributed by atoms with van der Waals surface area (Å²) < 4.78 is 0. The number of carbonyl (C=O) groups is 1. The van der Waals surface area contributed by atoms with Crippen molar-refractivity contribution in [1.82, 2.24) is 5.32 Å². The lowest BCUT2D eigenvalue weighted by Crippen LogP contribution is -2.35. The molecular formula is C15H20ClNO. The molecule has 18 heavy (non-hydrogen) atoms. The van der Waals surface area contributed by atoms with Gasteiger partial charge in [0.25, 0.3) is 0 Å². The van der Waals surface area contributed by atoms with Gasteiger partial charge in [-0.3, -0.25) is 4.79 Å². The molecular weight excluding hydrogens is 246 g/mol. The van der Waals surface area contributed by atoms with Crippen LogP contribution in [0.5, 0.6) is 0 Å². The van der Waals surface area contributed by atoms with Gasteiger partial charge in [0.1, 0.15) is 5.38 Å². The largest absolute Gasteiger partial charge is 0.352 e. The van der Waals surface area contributed by atoms with Gasteiger partial charge in [0.05, 0.1) is 0 Å². The predicted octanol–water partition coefficient (Wildman–Crippen LogP) is 3.59. The van der Waals surface area contributed by atoms with Crippen LogP contribution in [-0.4, -0.2) is 11.9 Å². The maximum atomic E-state index is 12.1. The SMILES string of the molecule is CCc1ccccc1C(Cl)C(=O)NC1CCCC1. The molecule has 3 heteroatoms. The summed E-state index contributed by atoms with van der Waals surface area (Å²) in [6.07, 6.45) is 5.50. The van der Waals surface area contributed by atoms with Gasteiger partial charge in [-0.2, -0.15) is 0 Å². The smallest absolute Gasteiger partial charge is 0.242 e. The topological polar surface area (TPSA) is 29.1 Å². The van der Waals surface area contributed by atoms with Crippen molar-refractivity contribution in [2.75, 3.05) is 0 Å². The molecule has 0 aliphatic heterocycles. The minimum Gasteiger partial charge on any atom is -0.352 e. The molecule has 1 aromatic rings. The standard InChI is InChI=1S/C15H20ClNO/c1-2-11-7-3-6-10-13(11)14(16)15(18)17-12-8-4-5-9-12/h3,6-7,10,12,14H,2,4-5,8-9H2,1H3,(H,17,18). The first-order valence-electron chi connectivity index (χ1n) is 6.74. The number of hydrogen-bond acceptors (Lipinski definition) is 1. The van der Waals surface area contributed by atoms with Crippen LogP contribution in [0.25, 0.3) is 0 Å². The maximum absolute atomic E-state index is 12.1. The third kappa shape index (κ3) is 3.05. The zero-order valence-electron chi connectivity index (χ0n) is 10.8. The highest BCUT2D eigenvalue weighted by Gasteiger charge is 2.24. The van der Waals surface area contributed by atoms with E-state index in [1.54, 1.807) is 0 Å². The van der Waals surface area contributed by atoms with Crippen molar-refractivity contribution in [3.63, 3.8) is 0 Å². The second-order valence-corrected chi connectivity index (χ2v) is 5.34. The van der Waals surface area contributed by atoms with Gasteiger partial charge in [-0.15, -0.1) is 11.6 Å². The maximum Gasteiger partial charge on any atom is 0.242 e. The molecule has 98 valence electrons. The molecule has 1 aliphatic carbocycles. The summed E-state index contributed by atoms with van der Waals surface area (Å²) in [7, 11) is 0. The number of aryl methyl sites for hydroxylation is 1. The van der Waals surface area contributed by atoms with Crippen LogP contribution < -0.4 is 5.32 Å². The van der Waals surface area contributed by atoms with Crippen molar-refractivity contribution in [2.24, 2.45) is 0 Å². The molecule has 1 atom stereocenters. The summed E-state index contributed by atoms with van der Waals surface area (Å²) in [6, 6.07) is 8.23. The van der Waals surface area contributed by atoms with E-state index < -0.39 is 5.38 Å². The van der Waals surface area contributed by atoms with Crippen LogP contribution in [0.1, 0.15) is 49.1 Å². The summed E-state index contributed by atoms with van der Waals surface area (Å²) >= 11 is 6.31. The van der Waals surface area contributed by atoms with E-state index in [9.17, 15) is 4.79 Å². The van der Waals surface area contributed by atoms with Gasteiger partial charge < -0.3 is 5.32 Å². The van der Waals surface area contributed by atoms with Crippen molar-refractivity contribution < 1.29 is 4.79 Å². The van der Waals surface area contributed by atoms with Gasteiger partial charge >= 0.3 is 0 Å². The highest BCUT2D eigenvalue weighted by Crippen LogP contribution is 2.26. The third-order valence-corrected chi connectivity index (χ3v) is 4.07. The monoisotopic (exact) mass is 265 g/mol. The van der Waals surface area contributed by atoms with Crippen LogP contribution in [0, 0.1) is 0 Å². The highest BCUT2D eigenvalue weighted by atomic mass is 35.5. The fourth-order valence-electron chi connectivity index (χ4n) is 2.59. The molecule has 2 nitrogen and oxygen atoms in total. The van der Waals surface area contributed by atoms with E-state index >= 15 is 0 Å². The van der Waals surface area contributed by atoms with Gasteiger partial charge in [-0.05, 0) is 30.4 Å². The van der Waals surface area contributed by atoms with Gasteiger partial charge in [0.2, 0.25) is 5.91 Å². The van der Waals surface area contributed by atoms with Crippen molar-refractivity contribution >= 4 is 17.5 Å². The quantitative estimate of drug-likeness (QED) is 0.829. The first kappa shape index (κ1) is 13.4. The molecule has 1 amide bonds. The lowest BCUT2D eigenvalue weighted by atomic mass is 10.0. The van der Waals surface area contributed by atoms with Gasteiger partial charge in [-0.25, -0.2) is 0 Å². The number of halogens is 1. The van der Waals surface area contributed by atoms with E-state index in [0.29, 0.717) is 6.04 Å². The van der Waals surface area contributed by atoms with E-state index in [0.717, 1.165) is 30.4 Å². The number of amides is 1. The molecule has 1 fully saturated rings. The molecule has 1 N–H and O–H groups in total. The zero-order valence-corrected chi connectivity index (χ0v) is 11.5. The molecule has 0 radical (unpaired) electrons. The Kier molecular flexibility index (Phi) is 4.65. The summed E-state index contributed by atoms with van der Waals surface area (Å²) in [5, 5.41) is 2.49. The molecule has 1 saturated carbocycles. The summed E-state index contributed by atoms with van der Waals surface area (Å²) in [5.41, 5.74) is 2.09. The molecule has 1 unspecified atom stereocenters.